The standard InChI is InChI=1S/C19H16BrN3O4/c20-14-7-16-15(26-10-27-16)6-12(14)8-22-23-19(25)17-13(9-21-18(17)24)11-4-2-1-3-5-11/h1-8,13,17H,9-10H2,(H,21,24)(H,23,25)/t13-,17-/m0/s1. The van der Waals surface area contributed by atoms with Crippen molar-refractivity contribution in [3.05, 3.63) is 58.1 Å². The molecular formula is C19H16BrN3O4. The maximum atomic E-state index is 12.6. The van der Waals surface area contributed by atoms with Crippen molar-refractivity contribution >= 4 is 34.0 Å². The predicted octanol–water partition coefficient (Wildman–Crippen LogP) is 2.16. The highest BCUT2D eigenvalue weighted by Gasteiger charge is 2.40. The van der Waals surface area contributed by atoms with Gasteiger partial charge < -0.3 is 14.8 Å². The third-order valence-corrected chi connectivity index (χ3v) is 5.25. The highest BCUT2D eigenvalue weighted by molar-refractivity contribution is 9.10. The average molecular weight is 430 g/mol. The van der Waals surface area contributed by atoms with Gasteiger partial charge in [-0.15, -0.1) is 0 Å². The van der Waals surface area contributed by atoms with Crippen LogP contribution in [-0.4, -0.2) is 31.4 Å². The van der Waals surface area contributed by atoms with Crippen molar-refractivity contribution < 1.29 is 19.1 Å². The lowest BCUT2D eigenvalue weighted by molar-refractivity contribution is -0.133. The Bertz CT molecular complexity index is 917. The van der Waals surface area contributed by atoms with Crippen molar-refractivity contribution in [2.45, 2.75) is 5.92 Å². The van der Waals surface area contributed by atoms with Crippen LogP contribution in [0, 0.1) is 5.92 Å². The van der Waals surface area contributed by atoms with E-state index in [4.69, 9.17) is 9.47 Å². The van der Waals surface area contributed by atoms with Crippen LogP contribution in [0.1, 0.15) is 17.0 Å². The van der Waals surface area contributed by atoms with Crippen molar-refractivity contribution in [2.24, 2.45) is 11.0 Å². The number of carbonyl (C=O) groups is 2. The first-order valence-corrected chi connectivity index (χ1v) is 9.17. The van der Waals surface area contributed by atoms with Gasteiger partial charge in [0.2, 0.25) is 12.7 Å². The second kappa shape index (κ2) is 7.40. The average Bonchev–Trinajstić information content (AvgIpc) is 3.28. The largest absolute Gasteiger partial charge is 0.454 e. The van der Waals surface area contributed by atoms with E-state index in [1.165, 1.54) is 6.21 Å². The molecule has 2 N–H and O–H groups in total. The Hall–Kier alpha value is -2.87. The molecule has 2 aliphatic heterocycles. The third-order valence-electron chi connectivity index (χ3n) is 4.56. The zero-order valence-electron chi connectivity index (χ0n) is 14.1. The zero-order chi connectivity index (χ0) is 18.8. The van der Waals surface area contributed by atoms with Crippen molar-refractivity contribution in [1.29, 1.82) is 0 Å². The van der Waals surface area contributed by atoms with E-state index < -0.39 is 11.8 Å². The smallest absolute Gasteiger partial charge is 0.253 e. The van der Waals surface area contributed by atoms with Gasteiger partial charge in [-0.05, 0) is 33.6 Å². The number of benzene rings is 2. The molecule has 7 nitrogen and oxygen atoms in total. The lowest BCUT2D eigenvalue weighted by Crippen LogP contribution is -2.34. The molecule has 1 saturated heterocycles. The Labute approximate surface area is 163 Å². The summed E-state index contributed by atoms with van der Waals surface area (Å²) >= 11 is 3.43. The van der Waals surface area contributed by atoms with E-state index in [0.29, 0.717) is 18.0 Å². The molecule has 8 heteroatoms. The summed E-state index contributed by atoms with van der Waals surface area (Å²) in [6.07, 6.45) is 1.49. The number of fused-ring (bicyclic) bond motifs is 1. The van der Waals surface area contributed by atoms with Crippen LogP contribution in [0.15, 0.2) is 52.0 Å². The van der Waals surface area contributed by atoms with Gasteiger partial charge in [-0.2, -0.15) is 5.10 Å². The molecule has 0 spiro atoms. The minimum atomic E-state index is -0.815. The number of rotatable bonds is 4. The number of halogens is 1. The number of nitrogens with zero attached hydrogens (tertiary/aromatic N) is 1. The second-order valence-electron chi connectivity index (χ2n) is 6.20. The normalized spacial score (nSPS) is 20.7. The molecule has 1 fully saturated rings. The SMILES string of the molecule is O=C1NC[C@@H](c2ccccc2)[C@@H]1C(=O)NN=Cc1cc2c(cc1Br)OCO2. The first-order valence-electron chi connectivity index (χ1n) is 8.38. The van der Waals surface area contributed by atoms with E-state index in [9.17, 15) is 9.59 Å². The van der Waals surface area contributed by atoms with Crippen molar-refractivity contribution in [3.63, 3.8) is 0 Å². The number of amides is 2. The van der Waals surface area contributed by atoms with E-state index in [1.807, 2.05) is 30.3 Å². The second-order valence-corrected chi connectivity index (χ2v) is 7.06. The van der Waals surface area contributed by atoms with Gasteiger partial charge in [0.15, 0.2) is 11.5 Å². The van der Waals surface area contributed by atoms with E-state index in [-0.39, 0.29) is 18.6 Å². The summed E-state index contributed by atoms with van der Waals surface area (Å²) < 4.78 is 11.4. The fourth-order valence-corrected chi connectivity index (χ4v) is 3.62. The third kappa shape index (κ3) is 3.52. The quantitative estimate of drug-likeness (QED) is 0.442. The molecule has 27 heavy (non-hydrogen) atoms. The van der Waals surface area contributed by atoms with Crippen molar-refractivity contribution in [2.75, 3.05) is 13.3 Å². The number of nitrogens with one attached hydrogen (secondary N) is 2. The minimum Gasteiger partial charge on any atom is -0.454 e. The molecule has 2 aliphatic rings. The fraction of sp³-hybridized carbons (Fsp3) is 0.211. The van der Waals surface area contributed by atoms with Crippen LogP contribution in [0.2, 0.25) is 0 Å². The fourth-order valence-electron chi connectivity index (χ4n) is 3.20. The monoisotopic (exact) mass is 429 g/mol. The highest BCUT2D eigenvalue weighted by atomic mass is 79.9. The molecule has 0 bridgehead atoms. The number of hydrazone groups is 1. The molecule has 0 aromatic heterocycles. The molecule has 2 atom stereocenters. The van der Waals surface area contributed by atoms with Crippen LogP contribution in [0.25, 0.3) is 0 Å². The number of ether oxygens (including phenoxy) is 2. The maximum Gasteiger partial charge on any atom is 0.253 e. The van der Waals surface area contributed by atoms with Crippen LogP contribution in [0.5, 0.6) is 11.5 Å². The van der Waals surface area contributed by atoms with Gasteiger partial charge in [-0.3, -0.25) is 9.59 Å². The van der Waals surface area contributed by atoms with Crippen molar-refractivity contribution in [3.8, 4) is 11.5 Å². The maximum absolute atomic E-state index is 12.6. The van der Waals surface area contributed by atoms with Gasteiger partial charge >= 0.3 is 0 Å². The van der Waals surface area contributed by atoms with Gasteiger partial charge in [-0.25, -0.2) is 5.43 Å². The molecule has 2 aromatic rings. The highest BCUT2D eigenvalue weighted by Crippen LogP contribution is 2.36. The zero-order valence-corrected chi connectivity index (χ0v) is 15.7. The lowest BCUT2D eigenvalue weighted by atomic mass is 9.88. The molecule has 138 valence electrons. The van der Waals surface area contributed by atoms with E-state index >= 15 is 0 Å². The van der Waals surface area contributed by atoms with Gasteiger partial charge in [0.05, 0.1) is 6.21 Å². The van der Waals surface area contributed by atoms with Crippen LogP contribution >= 0.6 is 15.9 Å². The summed E-state index contributed by atoms with van der Waals surface area (Å²) in [7, 11) is 0. The van der Waals surface area contributed by atoms with E-state index in [1.54, 1.807) is 12.1 Å². The van der Waals surface area contributed by atoms with E-state index in [0.717, 1.165) is 15.6 Å². The minimum absolute atomic E-state index is 0.177. The molecule has 2 heterocycles. The predicted molar refractivity (Wildman–Crippen MR) is 102 cm³/mol. The first-order chi connectivity index (χ1) is 13.1. The Morgan fingerprint density at radius 1 is 1.22 bits per heavy atom. The van der Waals surface area contributed by atoms with Gasteiger partial charge in [-0.1, -0.05) is 30.3 Å². The summed E-state index contributed by atoms with van der Waals surface area (Å²) in [4.78, 5) is 24.7. The van der Waals surface area contributed by atoms with Crippen LogP contribution in [0.3, 0.4) is 0 Å². The Balaban J connectivity index is 1.47. The van der Waals surface area contributed by atoms with Crippen LogP contribution in [0.4, 0.5) is 0 Å². The number of hydrogen-bond donors (Lipinski definition) is 2. The number of carbonyl (C=O) groups excluding carboxylic acids is 2. The van der Waals surface area contributed by atoms with Crippen LogP contribution in [-0.2, 0) is 9.59 Å². The van der Waals surface area contributed by atoms with Gasteiger partial charge in [0, 0.05) is 22.5 Å². The Morgan fingerprint density at radius 3 is 2.74 bits per heavy atom. The summed E-state index contributed by atoms with van der Waals surface area (Å²) in [5, 5.41) is 6.76. The molecule has 0 saturated carbocycles. The van der Waals surface area contributed by atoms with Gasteiger partial charge in [0.25, 0.3) is 5.91 Å². The molecular weight excluding hydrogens is 414 g/mol. The number of hydrogen-bond acceptors (Lipinski definition) is 5. The molecule has 2 aromatic carbocycles. The summed E-state index contributed by atoms with van der Waals surface area (Å²) in [6, 6.07) is 13.1. The first kappa shape index (κ1) is 17.5. The van der Waals surface area contributed by atoms with Gasteiger partial charge in [0.1, 0.15) is 5.92 Å². The summed E-state index contributed by atoms with van der Waals surface area (Å²) in [5.41, 5.74) is 4.14. The molecule has 0 aliphatic carbocycles. The Kier molecular flexibility index (Phi) is 4.81. The van der Waals surface area contributed by atoms with Crippen molar-refractivity contribution in [1.82, 2.24) is 10.7 Å². The molecule has 4 rings (SSSR count). The summed E-state index contributed by atoms with van der Waals surface area (Å²) in [5.74, 6) is -0.495. The lowest BCUT2D eigenvalue weighted by Gasteiger charge is -2.15. The topological polar surface area (TPSA) is 89.0 Å². The van der Waals surface area contributed by atoms with E-state index in [2.05, 4.69) is 31.8 Å². The molecule has 0 radical (unpaired) electrons. The Morgan fingerprint density at radius 2 is 1.96 bits per heavy atom. The van der Waals surface area contributed by atoms with Crippen LogP contribution < -0.4 is 20.2 Å². The molecule has 0 unspecified atom stereocenters. The molecule has 2 amide bonds. The summed E-state index contributed by atoms with van der Waals surface area (Å²) in [6.45, 7) is 0.606.